The minimum absolute atomic E-state index is 0.0908. The molecular weight excluding hydrogens is 323 g/mol. The normalized spacial score (nSPS) is 10.6. The van der Waals surface area contributed by atoms with Gasteiger partial charge in [0, 0.05) is 16.3 Å². The van der Waals surface area contributed by atoms with Crippen molar-refractivity contribution in [2.45, 2.75) is 0 Å². The van der Waals surface area contributed by atoms with Crippen LogP contribution in [0, 0.1) is 0 Å². The lowest BCUT2D eigenvalue weighted by Crippen LogP contribution is -2.04. The highest BCUT2D eigenvalue weighted by Gasteiger charge is 2.21. The van der Waals surface area contributed by atoms with Gasteiger partial charge in [-0.3, -0.25) is 0 Å². The Kier molecular flexibility index (Phi) is 3.92. The SMILES string of the molecule is O=C(O)Oc1c(Cl)c(-c2ccccc2)c(Cl)c2ccccc12. The number of fused-ring (bicyclic) bond motifs is 1. The van der Waals surface area contributed by atoms with E-state index in [9.17, 15) is 4.79 Å². The van der Waals surface area contributed by atoms with Crippen molar-refractivity contribution in [1.29, 1.82) is 0 Å². The van der Waals surface area contributed by atoms with Crippen molar-refractivity contribution in [2.24, 2.45) is 0 Å². The van der Waals surface area contributed by atoms with E-state index < -0.39 is 6.16 Å². The first-order valence-electron chi connectivity index (χ1n) is 6.45. The average Bonchev–Trinajstić information content (AvgIpc) is 2.52. The molecular formula is C17H10Cl2O3. The quantitative estimate of drug-likeness (QED) is 0.471. The summed E-state index contributed by atoms with van der Waals surface area (Å²) >= 11 is 12.9. The molecule has 3 aromatic rings. The number of benzene rings is 3. The monoisotopic (exact) mass is 332 g/mol. The van der Waals surface area contributed by atoms with E-state index in [1.165, 1.54) is 0 Å². The molecule has 0 atom stereocenters. The van der Waals surface area contributed by atoms with Gasteiger partial charge in [0.15, 0.2) is 5.75 Å². The lowest BCUT2D eigenvalue weighted by Gasteiger charge is -2.15. The number of carbonyl (C=O) groups is 1. The lowest BCUT2D eigenvalue weighted by molar-refractivity contribution is 0.145. The van der Waals surface area contributed by atoms with Crippen LogP contribution >= 0.6 is 23.2 Å². The summed E-state index contributed by atoms with van der Waals surface area (Å²) in [5.74, 6) is 0.0908. The van der Waals surface area contributed by atoms with E-state index in [2.05, 4.69) is 0 Å². The maximum atomic E-state index is 11.0. The van der Waals surface area contributed by atoms with Gasteiger partial charge in [0.1, 0.15) is 0 Å². The lowest BCUT2D eigenvalue weighted by atomic mass is 10.00. The Morgan fingerprint density at radius 1 is 0.864 bits per heavy atom. The minimum atomic E-state index is -1.42. The molecule has 0 saturated carbocycles. The summed E-state index contributed by atoms with van der Waals surface area (Å²) in [5, 5.41) is 10.8. The van der Waals surface area contributed by atoms with Crippen molar-refractivity contribution >= 4 is 40.1 Å². The van der Waals surface area contributed by atoms with E-state index in [4.69, 9.17) is 33.0 Å². The van der Waals surface area contributed by atoms with Crippen LogP contribution in [0.2, 0.25) is 10.0 Å². The Morgan fingerprint density at radius 3 is 2.09 bits per heavy atom. The van der Waals surface area contributed by atoms with Crippen molar-refractivity contribution in [3.05, 3.63) is 64.6 Å². The van der Waals surface area contributed by atoms with Gasteiger partial charge in [0.2, 0.25) is 0 Å². The molecule has 0 spiro atoms. The van der Waals surface area contributed by atoms with Crippen LogP contribution < -0.4 is 4.74 Å². The van der Waals surface area contributed by atoms with Crippen molar-refractivity contribution < 1.29 is 14.6 Å². The molecule has 0 aliphatic rings. The molecule has 0 aliphatic heterocycles. The molecule has 22 heavy (non-hydrogen) atoms. The molecule has 3 rings (SSSR count). The van der Waals surface area contributed by atoms with E-state index in [1.54, 1.807) is 18.2 Å². The highest BCUT2D eigenvalue weighted by atomic mass is 35.5. The maximum absolute atomic E-state index is 11.0. The van der Waals surface area contributed by atoms with E-state index in [0.29, 0.717) is 21.4 Å². The van der Waals surface area contributed by atoms with Crippen molar-refractivity contribution in [3.63, 3.8) is 0 Å². The molecule has 0 radical (unpaired) electrons. The summed E-state index contributed by atoms with van der Waals surface area (Å²) in [4.78, 5) is 11.0. The molecule has 3 nitrogen and oxygen atoms in total. The predicted octanol–water partition coefficient (Wildman–Crippen LogP) is 5.87. The van der Waals surface area contributed by atoms with Crippen LogP contribution in [0.3, 0.4) is 0 Å². The van der Waals surface area contributed by atoms with E-state index in [1.807, 2.05) is 36.4 Å². The van der Waals surface area contributed by atoms with Gasteiger partial charge in [-0.25, -0.2) is 4.79 Å². The average molecular weight is 333 g/mol. The number of ether oxygens (including phenoxy) is 1. The van der Waals surface area contributed by atoms with Gasteiger partial charge >= 0.3 is 6.16 Å². The van der Waals surface area contributed by atoms with Gasteiger partial charge in [-0.15, -0.1) is 0 Å². The first kappa shape index (κ1) is 14.7. The van der Waals surface area contributed by atoms with Crippen LogP contribution in [0.4, 0.5) is 4.79 Å². The zero-order chi connectivity index (χ0) is 15.7. The summed E-state index contributed by atoms with van der Waals surface area (Å²) < 4.78 is 4.90. The number of halogens is 2. The highest BCUT2D eigenvalue weighted by Crippen LogP contribution is 2.46. The van der Waals surface area contributed by atoms with Crippen LogP contribution in [0.25, 0.3) is 21.9 Å². The summed E-state index contributed by atoms with van der Waals surface area (Å²) in [7, 11) is 0. The fraction of sp³-hybridized carbons (Fsp3) is 0. The zero-order valence-corrected chi connectivity index (χ0v) is 12.7. The topological polar surface area (TPSA) is 46.5 Å². The number of carboxylic acid groups (broad SMARTS) is 1. The molecule has 0 aromatic heterocycles. The molecule has 0 unspecified atom stereocenters. The van der Waals surface area contributed by atoms with Gasteiger partial charge in [0.25, 0.3) is 0 Å². The van der Waals surface area contributed by atoms with Gasteiger partial charge in [-0.05, 0) is 5.56 Å². The smallest absolute Gasteiger partial charge is 0.449 e. The third-order valence-electron chi connectivity index (χ3n) is 3.30. The van der Waals surface area contributed by atoms with Crippen LogP contribution in [0.1, 0.15) is 0 Å². The third kappa shape index (κ3) is 2.49. The molecule has 3 aromatic carbocycles. The van der Waals surface area contributed by atoms with Gasteiger partial charge in [0.05, 0.1) is 10.0 Å². The maximum Gasteiger partial charge on any atom is 0.511 e. The molecule has 0 amide bonds. The van der Waals surface area contributed by atoms with Gasteiger partial charge in [-0.2, -0.15) is 0 Å². The Morgan fingerprint density at radius 2 is 1.45 bits per heavy atom. The predicted molar refractivity (Wildman–Crippen MR) is 88.1 cm³/mol. The largest absolute Gasteiger partial charge is 0.511 e. The van der Waals surface area contributed by atoms with Crippen LogP contribution in [0.5, 0.6) is 5.75 Å². The molecule has 0 fully saturated rings. The Bertz CT molecular complexity index is 861. The van der Waals surface area contributed by atoms with Crippen molar-refractivity contribution in [1.82, 2.24) is 0 Å². The molecule has 0 bridgehead atoms. The molecule has 110 valence electrons. The first-order chi connectivity index (χ1) is 10.6. The fourth-order valence-corrected chi connectivity index (χ4v) is 3.14. The number of hydrogen-bond acceptors (Lipinski definition) is 2. The fourth-order valence-electron chi connectivity index (χ4n) is 2.38. The molecule has 1 N–H and O–H groups in total. The molecule has 0 aliphatic carbocycles. The molecule has 5 heteroatoms. The van der Waals surface area contributed by atoms with Gasteiger partial charge < -0.3 is 9.84 Å². The molecule has 0 heterocycles. The summed E-state index contributed by atoms with van der Waals surface area (Å²) in [6.45, 7) is 0. The third-order valence-corrected chi connectivity index (χ3v) is 4.05. The number of hydrogen-bond donors (Lipinski definition) is 1. The van der Waals surface area contributed by atoms with E-state index in [0.717, 1.165) is 5.56 Å². The minimum Gasteiger partial charge on any atom is -0.449 e. The Hall–Kier alpha value is -2.23. The summed E-state index contributed by atoms with van der Waals surface area (Å²) in [6, 6.07) is 16.4. The zero-order valence-electron chi connectivity index (χ0n) is 11.2. The van der Waals surface area contributed by atoms with Crippen LogP contribution in [-0.2, 0) is 0 Å². The van der Waals surface area contributed by atoms with Crippen LogP contribution in [0.15, 0.2) is 54.6 Å². The second-order valence-corrected chi connectivity index (χ2v) is 5.37. The second kappa shape index (κ2) is 5.87. The second-order valence-electron chi connectivity index (χ2n) is 4.61. The van der Waals surface area contributed by atoms with Crippen LogP contribution in [-0.4, -0.2) is 11.3 Å². The Balaban J connectivity index is 2.40. The summed E-state index contributed by atoms with van der Waals surface area (Å²) in [6.07, 6.45) is -1.42. The van der Waals surface area contributed by atoms with E-state index >= 15 is 0 Å². The first-order valence-corrected chi connectivity index (χ1v) is 7.21. The standard InChI is InChI=1S/C17H10Cl2O3/c18-14-11-8-4-5-9-12(11)16(22-17(20)21)15(19)13(14)10-6-2-1-3-7-10/h1-9H,(H,20,21). The summed E-state index contributed by atoms with van der Waals surface area (Å²) in [5.41, 5.74) is 1.34. The van der Waals surface area contributed by atoms with Crippen molar-refractivity contribution in [3.8, 4) is 16.9 Å². The van der Waals surface area contributed by atoms with E-state index in [-0.39, 0.29) is 10.8 Å². The van der Waals surface area contributed by atoms with Gasteiger partial charge in [-0.1, -0.05) is 77.8 Å². The number of rotatable bonds is 2. The molecule has 0 saturated heterocycles. The Labute approximate surface area is 136 Å². The highest BCUT2D eigenvalue weighted by molar-refractivity contribution is 6.44. The van der Waals surface area contributed by atoms with Crippen molar-refractivity contribution in [2.75, 3.05) is 0 Å².